The van der Waals surface area contributed by atoms with Gasteiger partial charge in [-0.3, -0.25) is 19.2 Å². The number of aliphatic hydroxyl groups is 1. The molecule has 41 heavy (non-hydrogen) atoms. The third-order valence-corrected chi connectivity index (χ3v) is 7.42. The minimum atomic E-state index is -2.66. The Labute approximate surface area is 253 Å². The van der Waals surface area contributed by atoms with E-state index in [2.05, 4.69) is 15.9 Å². The summed E-state index contributed by atoms with van der Waals surface area (Å²) in [5, 5.41) is 12.3. The summed E-state index contributed by atoms with van der Waals surface area (Å²) in [6.45, 7) is -0.234. The average Bonchev–Trinajstić information content (AvgIpc) is 3.04. The van der Waals surface area contributed by atoms with Gasteiger partial charge in [0.2, 0.25) is 11.9 Å². The van der Waals surface area contributed by atoms with Gasteiger partial charge >= 0.3 is 23.9 Å². The third-order valence-electron chi connectivity index (χ3n) is 6.60. The predicted octanol–water partition coefficient (Wildman–Crippen LogP) is 3.81. The molecule has 1 saturated heterocycles. The minimum Gasteiger partial charge on any atom is -0.463 e. The molecule has 0 bridgehead atoms. The van der Waals surface area contributed by atoms with Crippen LogP contribution in [-0.4, -0.2) is 60.0 Å². The Morgan fingerprint density at radius 2 is 1.51 bits per heavy atom. The lowest BCUT2D eigenvalue weighted by Gasteiger charge is -2.48. The van der Waals surface area contributed by atoms with E-state index in [4.69, 9.17) is 29.2 Å². The molecule has 0 spiro atoms. The van der Waals surface area contributed by atoms with Crippen molar-refractivity contribution in [2.24, 2.45) is 0 Å². The van der Waals surface area contributed by atoms with Gasteiger partial charge in [0, 0.05) is 43.1 Å². The van der Waals surface area contributed by atoms with E-state index >= 15 is 0 Å². The highest BCUT2D eigenvalue weighted by Gasteiger charge is 2.60. The Balaban J connectivity index is 2.21. The first-order valence-electron chi connectivity index (χ1n) is 15.4. The molecule has 11 heteroatoms. The lowest BCUT2D eigenvalue weighted by molar-refractivity contribution is -0.360. The summed E-state index contributed by atoms with van der Waals surface area (Å²) in [5.41, 5.74) is 3.67. The Bertz CT molecular complexity index is 1380. The molecule has 1 unspecified atom stereocenters. The zero-order valence-electron chi connectivity index (χ0n) is 26.7. The Hall–Kier alpha value is -3.28. The van der Waals surface area contributed by atoms with Crippen molar-refractivity contribution in [3.05, 3.63) is 68.7 Å². The largest absolute Gasteiger partial charge is 0.463 e. The van der Waals surface area contributed by atoms with Gasteiger partial charge in [0.1, 0.15) is 12.7 Å². The second-order valence-corrected chi connectivity index (χ2v) is 10.3. The van der Waals surface area contributed by atoms with E-state index in [0.717, 1.165) is 28.7 Å². The summed E-state index contributed by atoms with van der Waals surface area (Å²) in [4.78, 5) is 49.1. The fraction of sp³-hybridized carbons (Fsp3) is 0.467. The Kier molecular flexibility index (Phi) is 8.82. The Morgan fingerprint density at radius 3 is 2.12 bits per heavy atom. The first-order valence-corrected chi connectivity index (χ1v) is 13.4. The van der Waals surface area contributed by atoms with Gasteiger partial charge in [-0.05, 0) is 54.2 Å². The van der Waals surface area contributed by atoms with Crippen LogP contribution in [0, 0.1) is 6.92 Å². The van der Waals surface area contributed by atoms with Gasteiger partial charge in [0.15, 0.2) is 12.2 Å². The maximum absolute atomic E-state index is 12.5. The number of hydrogen-bond acceptors (Lipinski definition) is 10. The van der Waals surface area contributed by atoms with Gasteiger partial charge in [-0.1, -0.05) is 47.1 Å². The molecule has 2 aromatic rings. The smallest absolute Gasteiger partial charge is 0.303 e. The van der Waals surface area contributed by atoms with Crippen LogP contribution in [0.2, 0.25) is 0 Å². The highest BCUT2D eigenvalue weighted by molar-refractivity contribution is 9.10. The molecule has 1 N–H and O–H groups in total. The van der Waals surface area contributed by atoms with Gasteiger partial charge in [-0.15, -0.1) is 0 Å². The third kappa shape index (κ3) is 7.93. The number of aryl methyl sites for hydroxylation is 1. The van der Waals surface area contributed by atoms with E-state index in [9.17, 15) is 24.3 Å². The number of carbonyl (C=O) groups is 4. The van der Waals surface area contributed by atoms with Crippen molar-refractivity contribution in [1.82, 2.24) is 0 Å². The van der Waals surface area contributed by atoms with Gasteiger partial charge in [-0.2, -0.15) is 0 Å². The summed E-state index contributed by atoms with van der Waals surface area (Å²) in [6.07, 6.45) is -5.78. The second kappa shape index (κ2) is 13.6. The van der Waals surface area contributed by atoms with Crippen molar-refractivity contribution in [2.75, 3.05) is 6.61 Å². The van der Waals surface area contributed by atoms with Crippen molar-refractivity contribution in [3.63, 3.8) is 0 Å². The zero-order valence-corrected chi connectivity index (χ0v) is 24.3. The van der Waals surface area contributed by atoms with Crippen LogP contribution in [0.1, 0.15) is 67.8 Å². The van der Waals surface area contributed by atoms with E-state index in [1.807, 2.05) is 38.1 Å². The predicted molar refractivity (Wildman–Crippen MR) is 150 cm³/mol. The number of hydrogen-bond donors (Lipinski definition) is 1. The van der Waals surface area contributed by atoms with E-state index in [-0.39, 0.29) is 5.56 Å². The first kappa shape index (κ1) is 26.6. The van der Waals surface area contributed by atoms with E-state index in [1.54, 1.807) is 6.07 Å². The first-order chi connectivity index (χ1) is 21.4. The van der Waals surface area contributed by atoms with E-state index < -0.39 is 88.3 Å². The molecule has 10 nitrogen and oxygen atoms in total. The summed E-state index contributed by atoms with van der Waals surface area (Å²) < 4.78 is 57.4. The summed E-state index contributed by atoms with van der Waals surface area (Å²) >= 11 is 3.51. The van der Waals surface area contributed by atoms with Crippen LogP contribution in [-0.2, 0) is 61.5 Å². The topological polar surface area (TPSA) is 135 Å². The highest BCUT2D eigenvalue weighted by atomic mass is 79.9. The maximum atomic E-state index is 12.5. The molecule has 0 aromatic heterocycles. The number of halogens is 1. The number of rotatable bonds is 9. The molecule has 0 saturated carbocycles. The monoisotopic (exact) mass is 638 g/mol. The molecule has 3 rings (SSSR count). The molecule has 1 aliphatic rings. The average molecular weight is 640 g/mol. The van der Waals surface area contributed by atoms with Gasteiger partial charge in [-0.25, -0.2) is 0 Å². The molecule has 1 heterocycles. The Morgan fingerprint density at radius 1 is 0.927 bits per heavy atom. The van der Waals surface area contributed by atoms with Crippen LogP contribution in [0.3, 0.4) is 0 Å². The van der Waals surface area contributed by atoms with Crippen molar-refractivity contribution < 1.29 is 53.5 Å². The lowest BCUT2D eigenvalue weighted by atomic mass is 9.85. The van der Waals surface area contributed by atoms with Crippen LogP contribution in [0.15, 0.2) is 40.9 Å². The van der Waals surface area contributed by atoms with Crippen molar-refractivity contribution in [1.29, 1.82) is 0 Å². The van der Waals surface area contributed by atoms with Crippen LogP contribution in [0.5, 0.6) is 0 Å². The summed E-state index contributed by atoms with van der Waals surface area (Å²) in [7, 11) is 0. The fourth-order valence-electron chi connectivity index (χ4n) is 4.61. The number of carbonyl (C=O) groups excluding carboxylic acids is 4. The number of esters is 4. The normalized spacial score (nSPS) is 25.1. The van der Waals surface area contributed by atoms with Gasteiger partial charge in [0.05, 0.1) is 0 Å². The SMILES string of the molecule is [2H]CC(=O)OC[C@H]1OC(O)(c2cc(Br)c(C)c(Cc3ccc(CC)cc3)c2)[C@H](OC(=O)C[2H])[C@@H](OC(=O)C[2H])[C@@H]1OC(=O)C[2H]. The molecule has 1 fully saturated rings. The molecule has 0 aliphatic carbocycles. The summed E-state index contributed by atoms with van der Waals surface area (Å²) in [6, 6.07) is 11.0. The van der Waals surface area contributed by atoms with Crippen LogP contribution < -0.4 is 0 Å². The lowest BCUT2D eigenvalue weighted by Crippen LogP contribution is -2.66. The molecule has 222 valence electrons. The van der Waals surface area contributed by atoms with E-state index in [1.165, 1.54) is 6.07 Å². The molecule has 0 amide bonds. The molecule has 5 atom stereocenters. The van der Waals surface area contributed by atoms with Crippen molar-refractivity contribution in [2.45, 2.75) is 84.5 Å². The van der Waals surface area contributed by atoms with Gasteiger partial charge < -0.3 is 28.8 Å². The van der Waals surface area contributed by atoms with Crippen LogP contribution in [0.25, 0.3) is 0 Å². The fourth-order valence-corrected chi connectivity index (χ4v) is 5.11. The maximum Gasteiger partial charge on any atom is 0.303 e. The standard InChI is InChI=1S/C30H35BrO10/c1-7-21-8-10-22(11-9-21)12-23-13-24(14-25(31)16(23)2)30(36)29(40-20(6)35)28(39-19(5)34)27(38-18(4)33)26(41-30)15-37-17(3)32/h8-11,13-14,26-29,36H,7,12,15H2,1-6H3/t26-,27-,28+,29-,30?/m1/s1/i3D,4D,5D,6D. The molecule has 2 aromatic carbocycles. The van der Waals surface area contributed by atoms with Crippen LogP contribution >= 0.6 is 15.9 Å². The minimum absolute atomic E-state index is 0.0111. The van der Waals surface area contributed by atoms with Crippen LogP contribution in [0.4, 0.5) is 0 Å². The zero-order chi connectivity index (χ0) is 33.3. The molecular weight excluding hydrogens is 600 g/mol. The second-order valence-electron chi connectivity index (χ2n) is 9.44. The molecular formula is C30H35BrO10. The van der Waals surface area contributed by atoms with Gasteiger partial charge in [0.25, 0.3) is 0 Å². The number of benzene rings is 2. The highest BCUT2D eigenvalue weighted by Crippen LogP contribution is 2.42. The van der Waals surface area contributed by atoms with Crippen molar-refractivity contribution in [3.8, 4) is 0 Å². The quantitative estimate of drug-likeness (QED) is 0.319. The molecule has 1 aliphatic heterocycles. The summed E-state index contributed by atoms with van der Waals surface area (Å²) in [5.74, 6) is -7.05. The van der Waals surface area contributed by atoms with E-state index in [0.29, 0.717) is 10.9 Å². The molecule has 0 radical (unpaired) electrons. The number of ether oxygens (including phenoxy) is 5. The van der Waals surface area contributed by atoms with Crippen molar-refractivity contribution >= 4 is 39.8 Å².